The van der Waals surface area contributed by atoms with E-state index in [9.17, 15) is 0 Å². The van der Waals surface area contributed by atoms with Crippen LogP contribution in [0.4, 0.5) is 0 Å². The van der Waals surface area contributed by atoms with E-state index in [4.69, 9.17) is 9.40 Å². The molecular weight excluding hydrogens is 703 g/mol. The van der Waals surface area contributed by atoms with E-state index in [1.165, 1.54) is 6.33 Å². The standard InChI is InChI=1S/C22H13N6O.C11H8N.Ir/c1-13-10-11-16-15-8-5-9-17(18(15)29-22(16)25-13)20-26-19-21(23-12-24-27-19)28(20)14-6-3-2-4-7-14;1-2-6-10(7-3-1)11-8-4-5-9-12-11;/h2-8,10-12H,1H3;1-6,8-9H;/q2*-1;. The van der Waals surface area contributed by atoms with Crippen LogP contribution in [0.15, 0.2) is 114 Å². The van der Waals surface area contributed by atoms with Gasteiger partial charge in [-0.3, -0.25) is 4.98 Å². The third kappa shape index (κ3) is 5.07. The normalized spacial score (nSPS) is 10.8. The molecule has 0 saturated heterocycles. The van der Waals surface area contributed by atoms with Crippen LogP contribution >= 0.6 is 0 Å². The fourth-order valence-electron chi connectivity index (χ4n) is 4.69. The molecule has 0 aliphatic carbocycles. The van der Waals surface area contributed by atoms with Crippen molar-refractivity contribution in [1.29, 1.82) is 0 Å². The van der Waals surface area contributed by atoms with E-state index in [-0.39, 0.29) is 20.1 Å². The van der Waals surface area contributed by atoms with Gasteiger partial charge in [0.05, 0.1) is 11.4 Å². The number of hydrogen-bond donors (Lipinski definition) is 0. The largest absolute Gasteiger partial charge is 0.486 e. The molecule has 9 heteroatoms. The maximum Gasteiger partial charge on any atom is 0.216 e. The van der Waals surface area contributed by atoms with E-state index >= 15 is 0 Å². The first kappa shape index (κ1) is 27.1. The second kappa shape index (κ2) is 11.8. The minimum absolute atomic E-state index is 0. The average molecular weight is 724 g/mol. The minimum Gasteiger partial charge on any atom is -0.486 e. The minimum atomic E-state index is 0. The fraction of sp³-hybridized carbons (Fsp3) is 0.0303. The van der Waals surface area contributed by atoms with Crippen LogP contribution < -0.4 is 0 Å². The molecule has 42 heavy (non-hydrogen) atoms. The molecule has 205 valence electrons. The predicted octanol–water partition coefficient (Wildman–Crippen LogP) is 6.83. The SMILES string of the molecule is Cc1ccc2c(n1)oc1c(-c3nc4nncnc4n3-c3ccccc3)[c-]ccc12.[Ir].[c-]1ccccc1-c1ccccn1. The molecule has 5 heterocycles. The van der Waals surface area contributed by atoms with Gasteiger partial charge in [0.2, 0.25) is 11.4 Å². The zero-order chi connectivity index (χ0) is 27.6. The van der Waals surface area contributed by atoms with E-state index in [0.29, 0.717) is 28.4 Å². The van der Waals surface area contributed by atoms with Crippen LogP contribution in [-0.4, -0.2) is 34.7 Å². The molecule has 8 rings (SSSR count). The van der Waals surface area contributed by atoms with Gasteiger partial charge < -0.3 is 14.0 Å². The van der Waals surface area contributed by atoms with Crippen molar-refractivity contribution >= 4 is 33.4 Å². The van der Waals surface area contributed by atoms with E-state index in [2.05, 4.69) is 37.3 Å². The summed E-state index contributed by atoms with van der Waals surface area (Å²) in [7, 11) is 0. The number of imidazole rings is 1. The summed E-state index contributed by atoms with van der Waals surface area (Å²) in [6.45, 7) is 1.94. The second-order valence-electron chi connectivity index (χ2n) is 9.21. The Morgan fingerprint density at radius 3 is 2.43 bits per heavy atom. The molecule has 0 atom stereocenters. The summed E-state index contributed by atoms with van der Waals surface area (Å²) in [6.07, 6.45) is 3.21. The van der Waals surface area contributed by atoms with Crippen LogP contribution in [0.5, 0.6) is 0 Å². The van der Waals surface area contributed by atoms with Gasteiger partial charge in [-0.15, -0.1) is 64.3 Å². The van der Waals surface area contributed by atoms with E-state index in [1.807, 2.05) is 109 Å². The summed E-state index contributed by atoms with van der Waals surface area (Å²) < 4.78 is 8.10. The monoisotopic (exact) mass is 724 g/mol. The molecule has 0 fully saturated rings. The Balaban J connectivity index is 0.000000205. The molecule has 0 amide bonds. The van der Waals surface area contributed by atoms with Crippen molar-refractivity contribution in [3.63, 3.8) is 0 Å². The van der Waals surface area contributed by atoms with E-state index in [0.717, 1.165) is 39.0 Å². The van der Waals surface area contributed by atoms with Crippen LogP contribution in [0.3, 0.4) is 0 Å². The van der Waals surface area contributed by atoms with Crippen molar-refractivity contribution in [2.45, 2.75) is 6.92 Å². The van der Waals surface area contributed by atoms with Gasteiger partial charge in [0.25, 0.3) is 0 Å². The molecule has 0 bridgehead atoms. The van der Waals surface area contributed by atoms with Crippen LogP contribution in [-0.2, 0) is 20.1 Å². The summed E-state index contributed by atoms with van der Waals surface area (Å²) in [5, 5.41) is 9.95. The fourth-order valence-corrected chi connectivity index (χ4v) is 4.69. The van der Waals surface area contributed by atoms with Crippen molar-refractivity contribution in [2.75, 3.05) is 0 Å². The third-order valence-electron chi connectivity index (χ3n) is 6.55. The number of fused-ring (bicyclic) bond motifs is 4. The second-order valence-corrected chi connectivity index (χ2v) is 9.21. The van der Waals surface area contributed by atoms with Crippen LogP contribution in [0.1, 0.15) is 5.69 Å². The Bertz CT molecular complexity index is 2070. The van der Waals surface area contributed by atoms with Gasteiger partial charge in [-0.1, -0.05) is 41.3 Å². The van der Waals surface area contributed by atoms with Crippen molar-refractivity contribution in [3.05, 3.63) is 127 Å². The van der Waals surface area contributed by atoms with Crippen LogP contribution in [0.25, 0.3) is 61.7 Å². The number of para-hydroxylation sites is 1. The first-order chi connectivity index (χ1) is 20.3. The molecule has 8 aromatic rings. The van der Waals surface area contributed by atoms with Gasteiger partial charge in [-0.05, 0) is 42.9 Å². The van der Waals surface area contributed by atoms with Gasteiger partial charge in [0.1, 0.15) is 6.33 Å². The van der Waals surface area contributed by atoms with Gasteiger partial charge in [-0.25, -0.2) is 9.97 Å². The molecule has 1 radical (unpaired) electrons. The maximum absolute atomic E-state index is 6.15. The number of benzene rings is 3. The molecule has 8 nitrogen and oxygen atoms in total. The molecule has 0 saturated carbocycles. The zero-order valence-electron chi connectivity index (χ0n) is 22.3. The number of aryl methyl sites for hydroxylation is 1. The summed E-state index contributed by atoms with van der Waals surface area (Å²) in [5.41, 5.74) is 6.91. The van der Waals surface area contributed by atoms with Crippen molar-refractivity contribution in [3.8, 4) is 28.3 Å². The summed E-state index contributed by atoms with van der Waals surface area (Å²) in [6, 6.07) is 37.9. The first-order valence-electron chi connectivity index (χ1n) is 13.0. The molecule has 3 aromatic carbocycles. The Hall–Kier alpha value is -5.11. The molecular formula is C33H21IrN7O-2. The van der Waals surface area contributed by atoms with Gasteiger partial charge in [0, 0.05) is 43.1 Å². The number of furan rings is 1. The van der Waals surface area contributed by atoms with E-state index < -0.39 is 0 Å². The zero-order valence-corrected chi connectivity index (χ0v) is 24.7. The van der Waals surface area contributed by atoms with Crippen molar-refractivity contribution in [2.24, 2.45) is 0 Å². The Kier molecular flexibility index (Phi) is 7.60. The number of rotatable bonds is 3. The van der Waals surface area contributed by atoms with Gasteiger partial charge in [0.15, 0.2) is 5.65 Å². The topological polar surface area (TPSA) is 95.4 Å². The Labute approximate surface area is 254 Å². The molecule has 0 spiro atoms. The average Bonchev–Trinajstić information content (AvgIpc) is 3.61. The summed E-state index contributed by atoms with van der Waals surface area (Å²) >= 11 is 0. The van der Waals surface area contributed by atoms with Gasteiger partial charge >= 0.3 is 0 Å². The van der Waals surface area contributed by atoms with E-state index in [1.54, 1.807) is 6.20 Å². The smallest absolute Gasteiger partial charge is 0.216 e. The number of pyridine rings is 2. The van der Waals surface area contributed by atoms with Crippen LogP contribution in [0.2, 0.25) is 0 Å². The summed E-state index contributed by atoms with van der Waals surface area (Å²) in [5.74, 6) is 0.639. The summed E-state index contributed by atoms with van der Waals surface area (Å²) in [4.78, 5) is 17.9. The third-order valence-corrected chi connectivity index (χ3v) is 6.55. The Morgan fingerprint density at radius 1 is 0.762 bits per heavy atom. The molecule has 0 unspecified atom stereocenters. The molecule has 5 aromatic heterocycles. The number of aromatic nitrogens is 7. The van der Waals surface area contributed by atoms with Crippen molar-refractivity contribution in [1.82, 2.24) is 34.7 Å². The van der Waals surface area contributed by atoms with Crippen molar-refractivity contribution < 1.29 is 24.5 Å². The van der Waals surface area contributed by atoms with Gasteiger partial charge in [-0.2, -0.15) is 0 Å². The predicted molar refractivity (Wildman–Crippen MR) is 157 cm³/mol. The maximum atomic E-state index is 6.15. The number of nitrogens with zero attached hydrogens (tertiary/aromatic N) is 7. The molecule has 0 aliphatic rings. The quantitative estimate of drug-likeness (QED) is 0.185. The van der Waals surface area contributed by atoms with Crippen LogP contribution in [0, 0.1) is 19.1 Å². The number of hydrogen-bond acceptors (Lipinski definition) is 7. The first-order valence-corrected chi connectivity index (χ1v) is 13.0. The Morgan fingerprint density at radius 2 is 1.62 bits per heavy atom. The molecule has 0 aliphatic heterocycles. The molecule has 0 N–H and O–H groups in total.